The van der Waals surface area contributed by atoms with Crippen molar-refractivity contribution in [3.63, 3.8) is 0 Å². The molecule has 7 nitrogen and oxygen atoms in total. The summed E-state index contributed by atoms with van der Waals surface area (Å²) in [5.74, 6) is 0.0750. The first-order valence-electron chi connectivity index (χ1n) is 8.28. The predicted molar refractivity (Wildman–Crippen MR) is 93.7 cm³/mol. The van der Waals surface area contributed by atoms with Gasteiger partial charge in [0.25, 0.3) is 11.5 Å². The van der Waals surface area contributed by atoms with Crippen LogP contribution in [0.1, 0.15) is 40.9 Å². The summed E-state index contributed by atoms with van der Waals surface area (Å²) in [6.07, 6.45) is 6.17. The molecule has 0 aromatic carbocycles. The highest BCUT2D eigenvalue weighted by Crippen LogP contribution is 2.44. The smallest absolute Gasteiger partial charge is 0.255 e. The van der Waals surface area contributed by atoms with E-state index in [1.807, 2.05) is 0 Å². The quantitative estimate of drug-likeness (QED) is 0.803. The summed E-state index contributed by atoms with van der Waals surface area (Å²) in [7, 11) is 0. The van der Waals surface area contributed by atoms with Crippen molar-refractivity contribution in [3.8, 4) is 0 Å². The van der Waals surface area contributed by atoms with Crippen molar-refractivity contribution in [1.82, 2.24) is 19.9 Å². The van der Waals surface area contributed by atoms with E-state index in [0.29, 0.717) is 30.1 Å². The number of fused-ring (bicyclic) bond motifs is 2. The Bertz CT molecular complexity index is 902. The van der Waals surface area contributed by atoms with Crippen LogP contribution in [0.15, 0.2) is 23.3 Å². The number of nitrogens with zero attached hydrogens (tertiary/aromatic N) is 3. The number of piperidine rings is 1. The molecule has 2 aliphatic rings. The first kappa shape index (κ1) is 16.1. The highest BCUT2D eigenvalue weighted by Gasteiger charge is 2.44. The van der Waals surface area contributed by atoms with E-state index in [9.17, 15) is 9.59 Å². The number of nitrogen functional groups attached to an aromatic ring is 1. The lowest BCUT2D eigenvalue weighted by Crippen LogP contribution is -2.45. The molecule has 25 heavy (non-hydrogen) atoms. The number of H-pyrrole nitrogens is 1. The normalized spacial score (nSPS) is 18.4. The Morgan fingerprint density at radius 2 is 2.08 bits per heavy atom. The van der Waals surface area contributed by atoms with Crippen molar-refractivity contribution in [2.45, 2.75) is 31.1 Å². The number of anilines is 1. The van der Waals surface area contributed by atoms with Crippen LogP contribution in [0.5, 0.6) is 0 Å². The number of hydrogen-bond donors (Lipinski definition) is 2. The zero-order valence-electron chi connectivity index (χ0n) is 13.6. The van der Waals surface area contributed by atoms with E-state index >= 15 is 0 Å². The number of aromatic nitrogens is 3. The fourth-order valence-corrected chi connectivity index (χ4v) is 4.21. The van der Waals surface area contributed by atoms with Crippen molar-refractivity contribution in [2.75, 3.05) is 18.8 Å². The number of hydrogen-bond acceptors (Lipinski definition) is 5. The largest absolute Gasteiger partial charge is 0.369 e. The van der Waals surface area contributed by atoms with E-state index in [2.05, 4.69) is 15.0 Å². The first-order chi connectivity index (χ1) is 12.0. The number of halogens is 1. The van der Waals surface area contributed by atoms with Crippen LogP contribution in [0.4, 0.5) is 5.95 Å². The second kappa shape index (κ2) is 5.84. The van der Waals surface area contributed by atoms with E-state index < -0.39 is 0 Å². The third-order valence-corrected chi connectivity index (χ3v) is 5.70. The Balaban J connectivity index is 1.57. The lowest BCUT2D eigenvalue weighted by atomic mass is 9.76. The van der Waals surface area contributed by atoms with Gasteiger partial charge in [-0.15, -0.1) is 0 Å². The van der Waals surface area contributed by atoms with Gasteiger partial charge in [-0.25, -0.2) is 4.98 Å². The number of carbonyl (C=O) groups excluding carboxylic acids is 1. The summed E-state index contributed by atoms with van der Waals surface area (Å²) in [5, 5.41) is 0.361. The number of likely N-dealkylation sites (tertiary alicyclic amines) is 1. The van der Waals surface area contributed by atoms with Crippen LogP contribution in [0.2, 0.25) is 5.02 Å². The molecule has 0 atom stereocenters. The first-order valence-corrected chi connectivity index (χ1v) is 8.66. The summed E-state index contributed by atoms with van der Waals surface area (Å²) in [6, 6.07) is 1.64. The van der Waals surface area contributed by atoms with Crippen molar-refractivity contribution in [2.24, 2.45) is 0 Å². The summed E-state index contributed by atoms with van der Waals surface area (Å²) in [6.45, 7) is 1.20. The molecule has 1 amide bonds. The molecule has 3 N–H and O–H groups in total. The minimum atomic E-state index is -0.156. The average Bonchev–Trinajstić information content (AvgIpc) is 2.94. The molecule has 1 saturated heterocycles. The molecule has 1 fully saturated rings. The fraction of sp³-hybridized carbons (Fsp3) is 0.412. The van der Waals surface area contributed by atoms with Gasteiger partial charge in [-0.05, 0) is 31.7 Å². The third-order valence-electron chi connectivity index (χ3n) is 5.40. The maximum atomic E-state index is 12.7. The Morgan fingerprint density at radius 1 is 1.32 bits per heavy atom. The molecular weight excluding hydrogens is 342 g/mol. The summed E-state index contributed by atoms with van der Waals surface area (Å²) in [5.41, 5.74) is 7.48. The number of nitrogens with one attached hydrogen (secondary N) is 1. The molecule has 0 radical (unpaired) electrons. The van der Waals surface area contributed by atoms with Gasteiger partial charge in [-0.1, -0.05) is 11.6 Å². The summed E-state index contributed by atoms with van der Waals surface area (Å²) < 4.78 is 0. The van der Waals surface area contributed by atoms with E-state index in [0.717, 1.165) is 30.5 Å². The van der Waals surface area contributed by atoms with Crippen LogP contribution in [0, 0.1) is 0 Å². The van der Waals surface area contributed by atoms with Gasteiger partial charge in [-0.2, -0.15) is 0 Å². The van der Waals surface area contributed by atoms with E-state index in [-0.39, 0.29) is 22.8 Å². The number of nitrogens with two attached hydrogens (primary N) is 1. The Morgan fingerprint density at radius 3 is 2.80 bits per heavy atom. The Labute approximate surface area is 149 Å². The standard InChI is InChI=1S/C17H18ClN5O2/c18-12-9-20-6-2-10(12)15(25)23-7-4-17(5-8-23)3-1-11-13(17)21-16(19)22-14(11)24/h2,6,9H,1,3-5,7-8H2,(H3,19,21,22,24). The molecule has 1 aliphatic heterocycles. The lowest BCUT2D eigenvalue weighted by Gasteiger charge is -2.39. The number of rotatable bonds is 1. The van der Waals surface area contributed by atoms with Gasteiger partial charge in [-0.3, -0.25) is 19.6 Å². The van der Waals surface area contributed by atoms with Crippen LogP contribution < -0.4 is 11.3 Å². The van der Waals surface area contributed by atoms with Crippen LogP contribution in [-0.4, -0.2) is 38.8 Å². The van der Waals surface area contributed by atoms with Gasteiger partial charge in [0.2, 0.25) is 5.95 Å². The SMILES string of the molecule is Nc1nc2c(c(=O)[nH]1)CCC21CCN(C(=O)c2ccncc2Cl)CC1. The van der Waals surface area contributed by atoms with Gasteiger partial charge in [0.1, 0.15) is 0 Å². The van der Waals surface area contributed by atoms with E-state index in [4.69, 9.17) is 17.3 Å². The van der Waals surface area contributed by atoms with Crippen molar-refractivity contribution < 1.29 is 4.79 Å². The molecule has 1 aliphatic carbocycles. The van der Waals surface area contributed by atoms with Crippen molar-refractivity contribution in [1.29, 1.82) is 0 Å². The topological polar surface area (TPSA) is 105 Å². The summed E-state index contributed by atoms with van der Waals surface area (Å²) >= 11 is 6.09. The maximum Gasteiger partial charge on any atom is 0.255 e. The van der Waals surface area contributed by atoms with E-state index in [1.54, 1.807) is 17.2 Å². The Hall–Kier alpha value is -2.41. The highest BCUT2D eigenvalue weighted by atomic mass is 35.5. The number of carbonyl (C=O) groups is 1. The number of aromatic amines is 1. The van der Waals surface area contributed by atoms with Gasteiger partial charge < -0.3 is 10.6 Å². The molecule has 8 heteroatoms. The van der Waals surface area contributed by atoms with Crippen molar-refractivity contribution in [3.05, 3.63) is 50.7 Å². The molecule has 0 bridgehead atoms. The lowest BCUT2D eigenvalue weighted by molar-refractivity contribution is 0.0663. The Kier molecular flexibility index (Phi) is 3.76. The molecule has 2 aromatic rings. The van der Waals surface area contributed by atoms with Gasteiger partial charge in [0.15, 0.2) is 0 Å². The number of amides is 1. The molecule has 0 saturated carbocycles. The van der Waals surface area contributed by atoms with E-state index in [1.165, 1.54) is 6.20 Å². The van der Waals surface area contributed by atoms with Crippen LogP contribution in [0.25, 0.3) is 0 Å². The van der Waals surface area contributed by atoms with Gasteiger partial charge in [0, 0.05) is 36.5 Å². The molecule has 4 rings (SSSR count). The van der Waals surface area contributed by atoms with Crippen LogP contribution in [0.3, 0.4) is 0 Å². The second-order valence-electron chi connectivity index (χ2n) is 6.71. The molecule has 130 valence electrons. The predicted octanol–water partition coefficient (Wildman–Crippen LogP) is 1.52. The molecule has 1 spiro atoms. The van der Waals surface area contributed by atoms with Crippen LogP contribution >= 0.6 is 11.6 Å². The molecule has 0 unspecified atom stereocenters. The maximum absolute atomic E-state index is 12.7. The van der Waals surface area contributed by atoms with Crippen LogP contribution in [-0.2, 0) is 11.8 Å². The highest BCUT2D eigenvalue weighted by molar-refractivity contribution is 6.33. The second-order valence-corrected chi connectivity index (χ2v) is 7.11. The minimum absolute atomic E-state index is 0.0844. The molecular formula is C17H18ClN5O2. The zero-order chi connectivity index (χ0) is 17.6. The molecule has 2 aromatic heterocycles. The van der Waals surface area contributed by atoms with Gasteiger partial charge in [0.05, 0.1) is 16.3 Å². The monoisotopic (exact) mass is 359 g/mol. The van der Waals surface area contributed by atoms with Gasteiger partial charge >= 0.3 is 0 Å². The minimum Gasteiger partial charge on any atom is -0.369 e. The fourth-order valence-electron chi connectivity index (χ4n) is 4.01. The molecule has 3 heterocycles. The number of pyridine rings is 1. The zero-order valence-corrected chi connectivity index (χ0v) is 14.3. The summed E-state index contributed by atoms with van der Waals surface area (Å²) in [4.78, 5) is 37.5. The third kappa shape index (κ3) is 2.59. The van der Waals surface area contributed by atoms with Crippen molar-refractivity contribution >= 4 is 23.5 Å². The average molecular weight is 360 g/mol.